The van der Waals surface area contributed by atoms with E-state index >= 15 is 0 Å². The molecule has 0 saturated carbocycles. The number of carbonyl (C=O) groups is 1. The van der Waals surface area contributed by atoms with Gasteiger partial charge >= 0.3 is 0 Å². The number of ether oxygens (including phenoxy) is 1. The summed E-state index contributed by atoms with van der Waals surface area (Å²) in [6.45, 7) is 1.91. The van der Waals surface area contributed by atoms with E-state index in [1.165, 1.54) is 12.5 Å². The minimum atomic E-state index is -0.00815. The van der Waals surface area contributed by atoms with Crippen molar-refractivity contribution in [3.8, 4) is 0 Å². The van der Waals surface area contributed by atoms with Gasteiger partial charge in [-0.2, -0.15) is 0 Å². The molecule has 1 atom stereocenters. The Balaban J connectivity index is 2.44. The fraction of sp³-hybridized carbons (Fsp3) is 0.333. The van der Waals surface area contributed by atoms with E-state index in [1.807, 2.05) is 13.0 Å². The van der Waals surface area contributed by atoms with Crippen LogP contribution < -0.4 is 0 Å². The van der Waals surface area contributed by atoms with Gasteiger partial charge in [0.15, 0.2) is 6.40 Å². The van der Waals surface area contributed by atoms with Crippen LogP contribution >= 0.6 is 0 Å². The molecule has 64 valence electrons. The van der Waals surface area contributed by atoms with E-state index in [2.05, 4.69) is 4.99 Å². The first-order valence-electron chi connectivity index (χ1n) is 3.83. The maximum absolute atomic E-state index is 9.96. The Morgan fingerprint density at radius 2 is 2.58 bits per heavy atom. The van der Waals surface area contributed by atoms with Crippen molar-refractivity contribution in [1.82, 2.24) is 0 Å². The van der Waals surface area contributed by atoms with Gasteiger partial charge in [-0.1, -0.05) is 12.2 Å². The summed E-state index contributed by atoms with van der Waals surface area (Å²) < 4.78 is 5.18. The molecule has 0 aromatic carbocycles. The van der Waals surface area contributed by atoms with Gasteiger partial charge in [0, 0.05) is 6.42 Å². The summed E-state index contributed by atoms with van der Waals surface area (Å²) in [4.78, 5) is 14.0. The minimum Gasteiger partial charge on any atom is -0.473 e. The van der Waals surface area contributed by atoms with Crippen molar-refractivity contribution in [1.29, 1.82) is 0 Å². The van der Waals surface area contributed by atoms with Gasteiger partial charge in [0.1, 0.15) is 12.4 Å². The fourth-order valence-corrected chi connectivity index (χ4v) is 1.01. The average Bonchev–Trinajstić information content (AvgIpc) is 2.52. The second-order valence-corrected chi connectivity index (χ2v) is 2.37. The van der Waals surface area contributed by atoms with Crippen LogP contribution in [0.25, 0.3) is 0 Å². The normalized spacial score (nSPS) is 25.1. The van der Waals surface area contributed by atoms with Crippen molar-refractivity contribution in [2.75, 3.05) is 0 Å². The number of nitrogens with zero attached hydrogens (tertiary/aromatic N) is 1. The molecular formula is C9H11NO2. The molecule has 1 rings (SSSR count). The van der Waals surface area contributed by atoms with E-state index in [1.54, 1.807) is 6.08 Å². The molecule has 0 saturated heterocycles. The van der Waals surface area contributed by atoms with E-state index in [9.17, 15) is 4.79 Å². The Bertz CT molecular complexity index is 241. The van der Waals surface area contributed by atoms with E-state index < -0.39 is 0 Å². The monoisotopic (exact) mass is 165 g/mol. The highest BCUT2D eigenvalue weighted by Crippen LogP contribution is 2.16. The van der Waals surface area contributed by atoms with Crippen LogP contribution in [0, 0.1) is 0 Å². The van der Waals surface area contributed by atoms with Crippen molar-refractivity contribution < 1.29 is 9.53 Å². The number of hydrogen-bond acceptors (Lipinski definition) is 3. The van der Waals surface area contributed by atoms with Gasteiger partial charge in [0.05, 0.1) is 5.70 Å². The summed E-state index contributed by atoms with van der Waals surface area (Å²) in [5, 5.41) is 0. The number of aldehydes is 1. The third-order valence-corrected chi connectivity index (χ3v) is 1.62. The van der Waals surface area contributed by atoms with Crippen molar-refractivity contribution >= 4 is 12.7 Å². The summed E-state index contributed by atoms with van der Waals surface area (Å²) in [7, 11) is 0. The molecule has 1 unspecified atom stereocenters. The van der Waals surface area contributed by atoms with Crippen LogP contribution in [-0.2, 0) is 9.53 Å². The third kappa shape index (κ3) is 2.05. The van der Waals surface area contributed by atoms with E-state index in [0.717, 1.165) is 12.0 Å². The van der Waals surface area contributed by atoms with Gasteiger partial charge in [-0.25, -0.2) is 4.99 Å². The highest BCUT2D eigenvalue weighted by Gasteiger charge is 2.15. The Labute approximate surface area is 71.4 Å². The van der Waals surface area contributed by atoms with Crippen molar-refractivity contribution in [3.63, 3.8) is 0 Å². The Kier molecular flexibility index (Phi) is 3.26. The molecule has 0 spiro atoms. The number of carbonyl (C=O) groups excluding carboxylic acids is 1. The van der Waals surface area contributed by atoms with Gasteiger partial charge in [0.25, 0.3) is 0 Å². The lowest BCUT2D eigenvalue weighted by Crippen LogP contribution is -2.06. The van der Waals surface area contributed by atoms with Crippen molar-refractivity contribution in [2.45, 2.75) is 19.4 Å². The molecule has 0 aliphatic carbocycles. The van der Waals surface area contributed by atoms with Gasteiger partial charge in [-0.15, -0.1) is 0 Å². The lowest BCUT2D eigenvalue weighted by molar-refractivity contribution is -0.104. The molecule has 0 N–H and O–H groups in total. The minimum absolute atomic E-state index is 0.00815. The third-order valence-electron chi connectivity index (χ3n) is 1.62. The molecule has 1 heterocycles. The molecular weight excluding hydrogens is 154 g/mol. The molecule has 1 aliphatic heterocycles. The van der Waals surface area contributed by atoms with Gasteiger partial charge < -0.3 is 4.74 Å². The summed E-state index contributed by atoms with van der Waals surface area (Å²) >= 11 is 0. The summed E-state index contributed by atoms with van der Waals surface area (Å²) in [5.74, 6) is 0. The second kappa shape index (κ2) is 4.49. The standard InChI is InChI=1S/C9H11NO2/c1-2-8-9(12-7-10-8)5-3-4-6-11/h2-4,6-7,9H,5H2,1H3/b4-3+,8-2+. The zero-order valence-corrected chi connectivity index (χ0v) is 6.93. The van der Waals surface area contributed by atoms with Crippen LogP contribution in [0.15, 0.2) is 28.9 Å². The van der Waals surface area contributed by atoms with E-state index in [4.69, 9.17) is 4.74 Å². The van der Waals surface area contributed by atoms with E-state index in [-0.39, 0.29) is 6.10 Å². The quantitative estimate of drug-likeness (QED) is 0.469. The van der Waals surface area contributed by atoms with Crippen LogP contribution in [0.3, 0.4) is 0 Å². The molecule has 0 amide bonds. The summed E-state index contributed by atoms with van der Waals surface area (Å²) in [5.41, 5.74) is 0.922. The van der Waals surface area contributed by atoms with Crippen LogP contribution in [0.2, 0.25) is 0 Å². The Morgan fingerprint density at radius 1 is 1.75 bits per heavy atom. The van der Waals surface area contributed by atoms with Gasteiger partial charge in [0.2, 0.25) is 0 Å². The lowest BCUT2D eigenvalue weighted by atomic mass is 10.2. The van der Waals surface area contributed by atoms with Crippen LogP contribution in [0.4, 0.5) is 0 Å². The smallest absolute Gasteiger partial charge is 0.175 e. The first-order valence-corrected chi connectivity index (χ1v) is 3.83. The second-order valence-electron chi connectivity index (χ2n) is 2.37. The van der Waals surface area contributed by atoms with Gasteiger partial charge in [-0.05, 0) is 13.0 Å². The molecule has 0 aromatic heterocycles. The largest absolute Gasteiger partial charge is 0.473 e. The average molecular weight is 165 g/mol. The Morgan fingerprint density at radius 3 is 3.25 bits per heavy atom. The molecule has 0 aromatic rings. The predicted octanol–water partition coefficient (Wildman–Crippen LogP) is 1.46. The van der Waals surface area contributed by atoms with Crippen molar-refractivity contribution in [3.05, 3.63) is 23.9 Å². The molecule has 0 radical (unpaired) electrons. The molecule has 0 bridgehead atoms. The molecule has 12 heavy (non-hydrogen) atoms. The number of allylic oxidation sites excluding steroid dienone is 2. The fourth-order valence-electron chi connectivity index (χ4n) is 1.01. The molecule has 1 aliphatic rings. The van der Waals surface area contributed by atoms with Gasteiger partial charge in [-0.3, -0.25) is 4.79 Å². The lowest BCUT2D eigenvalue weighted by Gasteiger charge is -2.05. The molecule has 3 nitrogen and oxygen atoms in total. The topological polar surface area (TPSA) is 38.7 Å². The molecule has 3 heteroatoms. The zero-order chi connectivity index (χ0) is 8.81. The highest BCUT2D eigenvalue weighted by atomic mass is 16.5. The van der Waals surface area contributed by atoms with Crippen LogP contribution in [0.5, 0.6) is 0 Å². The number of hydrogen-bond donors (Lipinski definition) is 0. The Hall–Kier alpha value is -1.38. The maximum Gasteiger partial charge on any atom is 0.175 e. The number of rotatable bonds is 3. The van der Waals surface area contributed by atoms with Crippen LogP contribution in [-0.4, -0.2) is 18.8 Å². The highest BCUT2D eigenvalue weighted by molar-refractivity contribution is 5.64. The first-order chi connectivity index (χ1) is 5.88. The maximum atomic E-state index is 9.96. The molecule has 0 fully saturated rings. The van der Waals surface area contributed by atoms with Crippen molar-refractivity contribution in [2.24, 2.45) is 4.99 Å². The van der Waals surface area contributed by atoms with Crippen LogP contribution in [0.1, 0.15) is 13.3 Å². The van der Waals surface area contributed by atoms with E-state index in [0.29, 0.717) is 6.42 Å². The SMILES string of the molecule is C/C=C1/N=COC1C/C=C/C=O. The summed E-state index contributed by atoms with van der Waals surface area (Å²) in [6.07, 6.45) is 8.03. The predicted molar refractivity (Wildman–Crippen MR) is 46.9 cm³/mol. The zero-order valence-electron chi connectivity index (χ0n) is 6.93. The first kappa shape index (κ1) is 8.71. The summed E-state index contributed by atoms with van der Waals surface area (Å²) in [6, 6.07) is 0. The number of aliphatic imine (C=N–C) groups is 1.